The summed E-state index contributed by atoms with van der Waals surface area (Å²) in [5.74, 6) is 0. The van der Waals surface area contributed by atoms with Crippen molar-refractivity contribution in [3.8, 4) is 0 Å². The summed E-state index contributed by atoms with van der Waals surface area (Å²) in [6.45, 7) is 13.1. The normalized spacial score (nSPS) is 15.0. The van der Waals surface area contributed by atoms with Crippen LogP contribution in [0.4, 0.5) is 0 Å². The molecule has 0 aliphatic carbocycles. The Hall–Kier alpha value is -1.26. The van der Waals surface area contributed by atoms with Crippen LogP contribution in [0.25, 0.3) is 0 Å². The molecule has 0 aliphatic rings. The molecule has 114 valence electrons. The first-order valence-corrected chi connectivity index (χ1v) is 8.25. The maximum absolute atomic E-state index is 4.75. The van der Waals surface area contributed by atoms with E-state index < -0.39 is 0 Å². The molecule has 1 N–H and O–H groups in total. The molecule has 0 amide bonds. The van der Waals surface area contributed by atoms with Crippen molar-refractivity contribution in [1.29, 1.82) is 0 Å². The van der Waals surface area contributed by atoms with E-state index in [1.54, 1.807) is 0 Å². The molecular formula is C17H25N3S. The molecule has 0 saturated heterocycles. The zero-order chi connectivity index (χ0) is 15.6. The zero-order valence-electron chi connectivity index (χ0n) is 13.8. The number of pyridine rings is 1. The molecule has 2 rings (SSSR count). The van der Waals surface area contributed by atoms with Gasteiger partial charge in [0.1, 0.15) is 0 Å². The van der Waals surface area contributed by atoms with E-state index in [2.05, 4.69) is 57.9 Å². The molecule has 2 atom stereocenters. The minimum Gasteiger partial charge on any atom is -0.301 e. The van der Waals surface area contributed by atoms with Crippen molar-refractivity contribution >= 4 is 11.3 Å². The molecule has 0 saturated carbocycles. The average molecular weight is 303 g/mol. The van der Waals surface area contributed by atoms with Gasteiger partial charge in [-0.2, -0.15) is 0 Å². The third-order valence-corrected chi connectivity index (χ3v) is 5.26. The molecule has 0 aromatic carbocycles. The van der Waals surface area contributed by atoms with Gasteiger partial charge in [0, 0.05) is 28.6 Å². The lowest BCUT2D eigenvalue weighted by atomic mass is 9.98. The Labute approximate surface area is 131 Å². The zero-order valence-corrected chi connectivity index (χ0v) is 14.6. The van der Waals surface area contributed by atoms with Crippen molar-refractivity contribution in [2.75, 3.05) is 0 Å². The SMILES string of the molecule is Cc1nc(C(C)(C)C)sc1C(C)N[C@H](C)c1ccccn1. The summed E-state index contributed by atoms with van der Waals surface area (Å²) in [5.41, 5.74) is 2.32. The van der Waals surface area contributed by atoms with Gasteiger partial charge in [0.05, 0.1) is 16.4 Å². The van der Waals surface area contributed by atoms with Crippen LogP contribution in [0, 0.1) is 6.92 Å². The summed E-state index contributed by atoms with van der Waals surface area (Å²) in [5, 5.41) is 4.83. The molecule has 0 aliphatic heterocycles. The topological polar surface area (TPSA) is 37.8 Å². The minimum absolute atomic E-state index is 0.111. The summed E-state index contributed by atoms with van der Waals surface area (Å²) in [6.07, 6.45) is 1.84. The molecule has 0 spiro atoms. The summed E-state index contributed by atoms with van der Waals surface area (Å²) >= 11 is 1.82. The quantitative estimate of drug-likeness (QED) is 0.900. The number of aryl methyl sites for hydroxylation is 1. The van der Waals surface area contributed by atoms with Gasteiger partial charge in [-0.3, -0.25) is 4.98 Å². The molecule has 1 unspecified atom stereocenters. The molecule has 0 radical (unpaired) electrons. The Morgan fingerprint density at radius 3 is 2.38 bits per heavy atom. The highest BCUT2D eigenvalue weighted by Gasteiger charge is 2.23. The van der Waals surface area contributed by atoms with Crippen LogP contribution in [0.5, 0.6) is 0 Å². The maximum atomic E-state index is 4.75. The molecule has 21 heavy (non-hydrogen) atoms. The van der Waals surface area contributed by atoms with Gasteiger partial charge in [0.15, 0.2) is 0 Å². The van der Waals surface area contributed by atoms with Crippen molar-refractivity contribution in [2.24, 2.45) is 0 Å². The lowest BCUT2D eigenvalue weighted by molar-refractivity contribution is 0.489. The molecule has 2 aromatic rings. The summed E-state index contributed by atoms with van der Waals surface area (Å²) in [7, 11) is 0. The van der Waals surface area contributed by atoms with E-state index in [1.807, 2.05) is 29.7 Å². The van der Waals surface area contributed by atoms with Crippen LogP contribution in [-0.4, -0.2) is 9.97 Å². The van der Waals surface area contributed by atoms with E-state index in [1.165, 1.54) is 9.88 Å². The number of aromatic nitrogens is 2. The van der Waals surface area contributed by atoms with Crippen LogP contribution in [0.1, 0.15) is 68.0 Å². The number of hydrogen-bond acceptors (Lipinski definition) is 4. The third kappa shape index (κ3) is 3.89. The van der Waals surface area contributed by atoms with Gasteiger partial charge >= 0.3 is 0 Å². The Bertz CT molecular complexity index is 584. The van der Waals surface area contributed by atoms with E-state index in [9.17, 15) is 0 Å². The first-order valence-electron chi connectivity index (χ1n) is 7.44. The fraction of sp³-hybridized carbons (Fsp3) is 0.529. The average Bonchev–Trinajstić information content (AvgIpc) is 2.82. The molecular weight excluding hydrogens is 278 g/mol. The first kappa shape index (κ1) is 16.1. The summed E-state index contributed by atoms with van der Waals surface area (Å²) in [4.78, 5) is 10.5. The fourth-order valence-electron chi connectivity index (χ4n) is 2.30. The number of thiazole rings is 1. The molecule has 2 aromatic heterocycles. The highest BCUT2D eigenvalue weighted by molar-refractivity contribution is 7.12. The highest BCUT2D eigenvalue weighted by atomic mass is 32.1. The van der Waals surface area contributed by atoms with Gasteiger partial charge in [-0.15, -0.1) is 11.3 Å². The first-order chi connectivity index (χ1) is 9.79. The van der Waals surface area contributed by atoms with E-state index in [0.717, 1.165) is 11.4 Å². The van der Waals surface area contributed by atoms with Gasteiger partial charge in [-0.05, 0) is 32.9 Å². The highest BCUT2D eigenvalue weighted by Crippen LogP contribution is 2.33. The molecule has 4 heteroatoms. The molecule has 2 heterocycles. The van der Waals surface area contributed by atoms with Crippen LogP contribution in [0.15, 0.2) is 24.4 Å². The van der Waals surface area contributed by atoms with E-state index >= 15 is 0 Å². The summed E-state index contributed by atoms with van der Waals surface area (Å²) < 4.78 is 0. The van der Waals surface area contributed by atoms with Crippen LogP contribution in [-0.2, 0) is 5.41 Å². The van der Waals surface area contributed by atoms with Gasteiger partial charge in [0.2, 0.25) is 0 Å². The van der Waals surface area contributed by atoms with Crippen molar-refractivity contribution in [1.82, 2.24) is 15.3 Å². The van der Waals surface area contributed by atoms with E-state index in [0.29, 0.717) is 0 Å². The van der Waals surface area contributed by atoms with Crippen LogP contribution < -0.4 is 5.32 Å². The van der Waals surface area contributed by atoms with Gasteiger partial charge in [-0.1, -0.05) is 26.8 Å². The number of nitrogens with one attached hydrogen (secondary N) is 1. The lowest BCUT2D eigenvalue weighted by Gasteiger charge is -2.19. The Balaban J connectivity index is 2.14. The van der Waals surface area contributed by atoms with Crippen molar-refractivity contribution in [2.45, 2.75) is 59.0 Å². The second-order valence-electron chi connectivity index (χ2n) is 6.58. The van der Waals surface area contributed by atoms with Crippen LogP contribution in [0.3, 0.4) is 0 Å². The number of rotatable bonds is 4. The predicted octanol–water partition coefficient (Wildman–Crippen LogP) is 4.56. The Morgan fingerprint density at radius 2 is 1.86 bits per heavy atom. The second kappa shape index (κ2) is 6.24. The van der Waals surface area contributed by atoms with Crippen molar-refractivity contribution in [3.63, 3.8) is 0 Å². The van der Waals surface area contributed by atoms with Gasteiger partial charge < -0.3 is 5.32 Å². The lowest BCUT2D eigenvalue weighted by Crippen LogP contribution is -2.23. The largest absolute Gasteiger partial charge is 0.301 e. The molecule has 3 nitrogen and oxygen atoms in total. The van der Waals surface area contributed by atoms with Crippen molar-refractivity contribution in [3.05, 3.63) is 45.7 Å². The van der Waals surface area contributed by atoms with Gasteiger partial charge in [0.25, 0.3) is 0 Å². The van der Waals surface area contributed by atoms with Crippen LogP contribution >= 0.6 is 11.3 Å². The second-order valence-corrected chi connectivity index (χ2v) is 7.61. The van der Waals surface area contributed by atoms with Crippen molar-refractivity contribution < 1.29 is 0 Å². The standard InChI is InChI=1S/C17H25N3S/c1-11(14-9-7-8-10-18-14)19-12(2)15-13(3)20-16(21-15)17(4,5)6/h7-12,19H,1-6H3/t11-,12?/m1/s1. The number of nitrogens with zero attached hydrogens (tertiary/aromatic N) is 2. The maximum Gasteiger partial charge on any atom is 0.0985 e. The summed E-state index contributed by atoms with van der Waals surface area (Å²) in [6, 6.07) is 6.53. The monoisotopic (exact) mass is 303 g/mol. The van der Waals surface area contributed by atoms with E-state index in [4.69, 9.17) is 4.98 Å². The molecule has 0 fully saturated rings. The molecule has 0 bridgehead atoms. The minimum atomic E-state index is 0.111. The van der Waals surface area contributed by atoms with Crippen LogP contribution in [0.2, 0.25) is 0 Å². The fourth-order valence-corrected chi connectivity index (χ4v) is 3.43. The predicted molar refractivity (Wildman–Crippen MR) is 89.8 cm³/mol. The Morgan fingerprint density at radius 1 is 1.14 bits per heavy atom. The third-order valence-electron chi connectivity index (χ3n) is 3.50. The number of hydrogen-bond donors (Lipinski definition) is 1. The smallest absolute Gasteiger partial charge is 0.0985 e. The van der Waals surface area contributed by atoms with E-state index in [-0.39, 0.29) is 17.5 Å². The Kier molecular flexibility index (Phi) is 4.79. The van der Waals surface area contributed by atoms with Gasteiger partial charge in [-0.25, -0.2) is 4.98 Å².